The summed E-state index contributed by atoms with van der Waals surface area (Å²) in [7, 11) is 0. The number of primary amides is 1. The lowest BCUT2D eigenvalue weighted by Gasteiger charge is -2.29. The van der Waals surface area contributed by atoms with E-state index < -0.39 is 17.9 Å². The van der Waals surface area contributed by atoms with Crippen LogP contribution in [0.2, 0.25) is 0 Å². The average Bonchev–Trinajstić information content (AvgIpc) is 3.08. The second kappa shape index (κ2) is 8.55. The van der Waals surface area contributed by atoms with Crippen molar-refractivity contribution < 1.29 is 19.2 Å². The zero-order chi connectivity index (χ0) is 22.0. The van der Waals surface area contributed by atoms with Gasteiger partial charge in [0.2, 0.25) is 11.8 Å². The molecular formula is C22H23N5O4. The van der Waals surface area contributed by atoms with Crippen LogP contribution in [0.1, 0.15) is 51.2 Å². The lowest BCUT2D eigenvalue weighted by Crippen LogP contribution is -2.52. The molecule has 2 aliphatic rings. The van der Waals surface area contributed by atoms with Crippen molar-refractivity contribution >= 4 is 29.3 Å². The number of piperidine rings is 1. The van der Waals surface area contributed by atoms with E-state index in [-0.39, 0.29) is 23.9 Å². The van der Waals surface area contributed by atoms with Crippen LogP contribution < -0.4 is 16.4 Å². The number of nitrogens with zero attached hydrogens (tertiary/aromatic N) is 2. The molecule has 1 aromatic carbocycles. The van der Waals surface area contributed by atoms with E-state index in [1.165, 1.54) is 11.1 Å². The van der Waals surface area contributed by atoms with E-state index in [0.29, 0.717) is 43.6 Å². The summed E-state index contributed by atoms with van der Waals surface area (Å²) in [6.45, 7) is 0.920. The summed E-state index contributed by atoms with van der Waals surface area (Å²) < 4.78 is 0. The molecule has 9 heteroatoms. The predicted octanol–water partition coefficient (Wildman–Crippen LogP) is 0.986. The third-order valence-corrected chi connectivity index (χ3v) is 5.62. The number of carbonyl (C=O) groups is 4. The molecule has 4 amide bonds. The van der Waals surface area contributed by atoms with Crippen molar-refractivity contribution in [1.82, 2.24) is 15.2 Å². The smallest absolute Gasteiger partial charge is 0.267 e. The van der Waals surface area contributed by atoms with Crippen molar-refractivity contribution in [3.05, 3.63) is 58.9 Å². The minimum atomic E-state index is -0.636. The summed E-state index contributed by atoms with van der Waals surface area (Å²) in [5.41, 5.74) is 8.55. The van der Waals surface area contributed by atoms with Crippen molar-refractivity contribution in [2.75, 3.05) is 11.9 Å². The highest BCUT2D eigenvalue weighted by Gasteiger charge is 2.40. The van der Waals surface area contributed by atoms with Gasteiger partial charge >= 0.3 is 0 Å². The van der Waals surface area contributed by atoms with Gasteiger partial charge in [0, 0.05) is 31.4 Å². The molecule has 1 unspecified atom stereocenters. The second-order valence-electron chi connectivity index (χ2n) is 7.65. The Morgan fingerprint density at radius 1 is 1.23 bits per heavy atom. The number of benzene rings is 1. The summed E-state index contributed by atoms with van der Waals surface area (Å²) in [5, 5.41) is 5.61. The lowest BCUT2D eigenvalue weighted by molar-refractivity contribution is -0.136. The molecule has 0 radical (unpaired) electrons. The highest BCUT2D eigenvalue weighted by Crippen LogP contribution is 2.32. The van der Waals surface area contributed by atoms with Crippen LogP contribution in [0, 0.1) is 0 Å². The highest BCUT2D eigenvalue weighted by molar-refractivity contribution is 6.07. The maximum Gasteiger partial charge on any atom is 0.267 e. The summed E-state index contributed by atoms with van der Waals surface area (Å²) in [6.07, 6.45) is 3.42. The number of aromatic nitrogens is 1. The number of imide groups is 1. The maximum absolute atomic E-state index is 13.1. The summed E-state index contributed by atoms with van der Waals surface area (Å²) in [6, 6.07) is 8.54. The fraction of sp³-hybridized carbons (Fsp3) is 0.318. The van der Waals surface area contributed by atoms with Crippen LogP contribution >= 0.6 is 0 Å². The Kier molecular flexibility index (Phi) is 5.66. The number of pyridine rings is 1. The Bertz CT molecular complexity index is 1070. The molecule has 2 aromatic rings. The number of carbonyl (C=O) groups excluding carboxylic acids is 4. The molecule has 1 aromatic heterocycles. The molecule has 4 N–H and O–H groups in total. The van der Waals surface area contributed by atoms with Gasteiger partial charge in [-0.1, -0.05) is 18.2 Å². The summed E-state index contributed by atoms with van der Waals surface area (Å²) >= 11 is 0. The van der Waals surface area contributed by atoms with Crippen molar-refractivity contribution in [2.24, 2.45) is 5.73 Å². The van der Waals surface area contributed by atoms with Gasteiger partial charge in [0.1, 0.15) is 11.7 Å². The number of hydrogen-bond acceptors (Lipinski definition) is 6. The number of amides is 4. The van der Waals surface area contributed by atoms with Crippen LogP contribution in [0.4, 0.5) is 5.69 Å². The average molecular weight is 421 g/mol. The van der Waals surface area contributed by atoms with Gasteiger partial charge in [0.05, 0.1) is 5.56 Å². The van der Waals surface area contributed by atoms with Crippen molar-refractivity contribution in [1.29, 1.82) is 0 Å². The number of hydrogen-bond donors (Lipinski definition) is 3. The van der Waals surface area contributed by atoms with Crippen LogP contribution in [0.25, 0.3) is 0 Å². The SMILES string of the molecule is NC(=O)c1ncccc1CCCNc1cccc2c1C(=O)N(C1CCC(=O)NC1=O)C2. The predicted molar refractivity (Wildman–Crippen MR) is 112 cm³/mol. The Morgan fingerprint density at radius 2 is 2.06 bits per heavy atom. The van der Waals surface area contributed by atoms with Crippen LogP contribution in [0.3, 0.4) is 0 Å². The van der Waals surface area contributed by atoms with Crippen LogP contribution in [0.5, 0.6) is 0 Å². The van der Waals surface area contributed by atoms with Crippen LogP contribution in [0.15, 0.2) is 36.5 Å². The van der Waals surface area contributed by atoms with E-state index in [4.69, 9.17) is 5.73 Å². The number of fused-ring (bicyclic) bond motifs is 1. The molecule has 4 rings (SSSR count). The molecule has 0 bridgehead atoms. The largest absolute Gasteiger partial charge is 0.384 e. The monoisotopic (exact) mass is 421 g/mol. The maximum atomic E-state index is 13.1. The number of rotatable bonds is 7. The molecule has 160 valence electrons. The molecule has 1 fully saturated rings. The van der Waals surface area contributed by atoms with Gasteiger partial charge in [-0.2, -0.15) is 0 Å². The zero-order valence-electron chi connectivity index (χ0n) is 16.9. The van der Waals surface area contributed by atoms with E-state index in [1.54, 1.807) is 6.07 Å². The quantitative estimate of drug-likeness (QED) is 0.451. The standard InChI is InChI=1S/C22H23N5O4/c23-20(29)19-13(6-3-11-25-19)5-2-10-24-15-7-1-4-14-12-27(22(31)18(14)15)16-8-9-17(28)26-21(16)30/h1,3-4,6-7,11,16,24H,2,5,8-10,12H2,(H2,23,29)(H,26,28,30). The van der Waals surface area contributed by atoms with Gasteiger partial charge < -0.3 is 16.0 Å². The first kappa shape index (κ1) is 20.5. The van der Waals surface area contributed by atoms with Crippen molar-refractivity contribution in [3.63, 3.8) is 0 Å². The van der Waals surface area contributed by atoms with Gasteiger partial charge in [0.25, 0.3) is 11.8 Å². The Morgan fingerprint density at radius 3 is 2.84 bits per heavy atom. The number of nitrogens with two attached hydrogens (primary N) is 1. The molecule has 1 saturated heterocycles. The van der Waals surface area contributed by atoms with Crippen LogP contribution in [-0.2, 0) is 22.6 Å². The Balaban J connectivity index is 1.41. The second-order valence-corrected chi connectivity index (χ2v) is 7.65. The molecule has 31 heavy (non-hydrogen) atoms. The molecule has 0 spiro atoms. The van der Waals surface area contributed by atoms with Gasteiger partial charge in [-0.15, -0.1) is 0 Å². The molecule has 9 nitrogen and oxygen atoms in total. The van der Waals surface area contributed by atoms with E-state index >= 15 is 0 Å². The zero-order valence-corrected chi connectivity index (χ0v) is 16.9. The Labute approximate surface area is 179 Å². The van der Waals surface area contributed by atoms with Crippen molar-refractivity contribution in [2.45, 2.75) is 38.3 Å². The molecule has 3 heterocycles. The Hall–Kier alpha value is -3.75. The van der Waals surface area contributed by atoms with Gasteiger partial charge in [-0.25, -0.2) is 0 Å². The van der Waals surface area contributed by atoms with Crippen LogP contribution in [-0.4, -0.2) is 46.1 Å². The molecular weight excluding hydrogens is 398 g/mol. The topological polar surface area (TPSA) is 134 Å². The third-order valence-electron chi connectivity index (χ3n) is 5.62. The normalized spacial score (nSPS) is 18.0. The first-order valence-electron chi connectivity index (χ1n) is 10.2. The van der Waals surface area contributed by atoms with Gasteiger partial charge in [-0.05, 0) is 42.5 Å². The van der Waals surface area contributed by atoms with E-state index in [2.05, 4.69) is 15.6 Å². The first-order chi connectivity index (χ1) is 15.0. The van der Waals surface area contributed by atoms with E-state index in [9.17, 15) is 19.2 Å². The minimum Gasteiger partial charge on any atom is -0.384 e. The van der Waals surface area contributed by atoms with Gasteiger partial charge in [-0.3, -0.25) is 29.5 Å². The number of aryl methyl sites for hydroxylation is 1. The molecule has 2 aliphatic heterocycles. The summed E-state index contributed by atoms with van der Waals surface area (Å²) in [5.74, 6) is -1.49. The first-order valence-corrected chi connectivity index (χ1v) is 10.2. The number of anilines is 1. The lowest BCUT2D eigenvalue weighted by atomic mass is 10.0. The van der Waals surface area contributed by atoms with E-state index in [0.717, 1.165) is 11.1 Å². The van der Waals surface area contributed by atoms with E-state index in [1.807, 2.05) is 24.3 Å². The summed E-state index contributed by atoms with van der Waals surface area (Å²) in [4.78, 5) is 53.8. The highest BCUT2D eigenvalue weighted by atomic mass is 16.2. The van der Waals surface area contributed by atoms with Crippen molar-refractivity contribution in [3.8, 4) is 0 Å². The fourth-order valence-corrected chi connectivity index (χ4v) is 4.13. The van der Waals surface area contributed by atoms with Gasteiger partial charge in [0.15, 0.2) is 0 Å². The fourth-order valence-electron chi connectivity index (χ4n) is 4.13. The number of nitrogens with one attached hydrogen (secondary N) is 2. The third kappa shape index (κ3) is 4.11. The molecule has 1 atom stereocenters. The molecule has 0 saturated carbocycles. The molecule has 0 aliphatic carbocycles. The minimum absolute atomic E-state index is 0.212.